The molecule has 0 amide bonds. The Balaban J connectivity index is 2.75. The minimum atomic E-state index is -4.46. The first-order valence-corrected chi connectivity index (χ1v) is 4.15. The van der Waals surface area contributed by atoms with Gasteiger partial charge in [0, 0.05) is 6.42 Å². The van der Waals surface area contributed by atoms with E-state index in [0.29, 0.717) is 0 Å². The predicted octanol–water partition coefficient (Wildman–Crippen LogP) is 0.129. The third-order valence-electron chi connectivity index (χ3n) is 1.73. The summed E-state index contributed by atoms with van der Waals surface area (Å²) < 4.78 is 40.2. The van der Waals surface area contributed by atoms with Crippen molar-refractivity contribution in [1.82, 2.24) is 10.3 Å². The van der Waals surface area contributed by atoms with Gasteiger partial charge in [-0.15, -0.1) is 0 Å². The molecular weight excluding hydrogens is 231 g/mol. The lowest BCUT2D eigenvalue weighted by Crippen LogP contribution is -2.33. The normalized spacial score (nSPS) is 13.8. The van der Waals surface area contributed by atoms with E-state index in [2.05, 4.69) is 14.9 Å². The Morgan fingerprint density at radius 3 is 2.50 bits per heavy atom. The largest absolute Gasteiger partial charge is 0.480 e. The first kappa shape index (κ1) is 12.4. The van der Waals surface area contributed by atoms with E-state index in [-0.39, 0.29) is 12.1 Å². The van der Waals surface area contributed by atoms with Gasteiger partial charge in [-0.3, -0.25) is 4.79 Å². The summed E-state index contributed by atoms with van der Waals surface area (Å²) in [4.78, 5) is 10.4. The molecule has 0 aromatic carbocycles. The Morgan fingerprint density at radius 2 is 2.00 bits per heavy atom. The quantitative estimate of drug-likeness (QED) is 0.774. The van der Waals surface area contributed by atoms with E-state index in [1.807, 2.05) is 0 Å². The van der Waals surface area contributed by atoms with Gasteiger partial charge in [-0.1, -0.05) is 10.3 Å². The molecule has 1 atom stereocenters. The maximum absolute atomic E-state index is 12.0. The lowest BCUT2D eigenvalue weighted by Gasteiger charge is -2.05. The summed E-state index contributed by atoms with van der Waals surface area (Å²) in [5, 5.41) is 14.7. The number of carboxylic acids is 1. The molecule has 0 spiro atoms. The number of nitrogens with zero attached hydrogens (tertiary/aromatic N) is 2. The zero-order valence-electron chi connectivity index (χ0n) is 7.86. The molecule has 1 unspecified atom stereocenters. The highest BCUT2D eigenvalue weighted by Crippen LogP contribution is 2.21. The van der Waals surface area contributed by atoms with Crippen molar-refractivity contribution in [2.75, 3.05) is 0 Å². The molecule has 90 valence electrons. The van der Waals surface area contributed by atoms with E-state index in [9.17, 15) is 18.0 Å². The van der Waals surface area contributed by atoms with Crippen LogP contribution < -0.4 is 5.73 Å². The van der Waals surface area contributed by atoms with Gasteiger partial charge < -0.3 is 10.8 Å². The summed E-state index contributed by atoms with van der Waals surface area (Å²) in [6.07, 6.45) is -6.14. The van der Waals surface area contributed by atoms with Crippen LogP contribution in [0, 0.1) is 0 Å². The number of hydrogen-bond acceptors (Lipinski definition) is 5. The number of carboxylic acid groups (broad SMARTS) is 1. The summed E-state index contributed by atoms with van der Waals surface area (Å²) >= 11 is 0. The fraction of sp³-hybridized carbons (Fsp3) is 0.571. The summed E-state index contributed by atoms with van der Waals surface area (Å²) in [6, 6.07) is -1.33. The van der Waals surface area contributed by atoms with Crippen LogP contribution in [0.4, 0.5) is 13.2 Å². The molecule has 1 aromatic heterocycles. The van der Waals surface area contributed by atoms with E-state index in [1.54, 1.807) is 0 Å². The standard InChI is InChI=1S/C7H8F3N3O3/c8-7(9,10)2-5-4(12-16-13-5)1-3(11)6(14)15/h3H,1-2,11H2,(H,14,15). The monoisotopic (exact) mass is 239 g/mol. The Morgan fingerprint density at radius 1 is 1.44 bits per heavy atom. The Kier molecular flexibility index (Phi) is 3.48. The van der Waals surface area contributed by atoms with Crippen molar-refractivity contribution in [3.8, 4) is 0 Å². The predicted molar refractivity (Wildman–Crippen MR) is 43.4 cm³/mol. The van der Waals surface area contributed by atoms with Crippen LogP contribution in [0.5, 0.6) is 0 Å². The first-order chi connectivity index (χ1) is 7.29. The van der Waals surface area contributed by atoms with Crippen LogP contribution in [-0.2, 0) is 17.6 Å². The van der Waals surface area contributed by atoms with Gasteiger partial charge in [0.05, 0.1) is 6.42 Å². The molecule has 3 N–H and O–H groups in total. The Bertz CT molecular complexity index is 376. The van der Waals surface area contributed by atoms with Crippen LogP contribution in [0.3, 0.4) is 0 Å². The number of halogens is 3. The highest BCUT2D eigenvalue weighted by molar-refractivity contribution is 5.73. The second-order valence-electron chi connectivity index (χ2n) is 3.10. The van der Waals surface area contributed by atoms with Crippen molar-refractivity contribution in [2.45, 2.75) is 25.1 Å². The van der Waals surface area contributed by atoms with E-state index in [1.165, 1.54) is 0 Å². The second kappa shape index (κ2) is 4.47. The van der Waals surface area contributed by atoms with Crippen molar-refractivity contribution >= 4 is 5.97 Å². The van der Waals surface area contributed by atoms with Crippen molar-refractivity contribution in [1.29, 1.82) is 0 Å². The van der Waals surface area contributed by atoms with Crippen LogP contribution >= 0.6 is 0 Å². The van der Waals surface area contributed by atoms with Gasteiger partial charge >= 0.3 is 12.1 Å². The maximum Gasteiger partial charge on any atom is 0.394 e. The molecule has 1 rings (SSSR count). The molecule has 0 bridgehead atoms. The van der Waals surface area contributed by atoms with Crippen molar-refractivity contribution in [3.63, 3.8) is 0 Å². The number of rotatable bonds is 4. The smallest absolute Gasteiger partial charge is 0.394 e. The highest BCUT2D eigenvalue weighted by atomic mass is 19.4. The van der Waals surface area contributed by atoms with E-state index in [4.69, 9.17) is 10.8 Å². The first-order valence-electron chi connectivity index (χ1n) is 4.15. The molecule has 6 nitrogen and oxygen atoms in total. The molecule has 9 heteroatoms. The minimum absolute atomic E-state index is 0.188. The fourth-order valence-corrected chi connectivity index (χ4v) is 0.999. The summed E-state index contributed by atoms with van der Waals surface area (Å²) in [5.41, 5.74) is 4.52. The van der Waals surface area contributed by atoms with Crippen molar-refractivity contribution in [3.05, 3.63) is 11.4 Å². The van der Waals surface area contributed by atoms with Crippen LogP contribution in [0.25, 0.3) is 0 Å². The summed E-state index contributed by atoms with van der Waals surface area (Å²) in [5.74, 6) is -1.33. The molecule has 0 aliphatic heterocycles. The third-order valence-corrected chi connectivity index (χ3v) is 1.73. The molecule has 0 saturated carbocycles. The van der Waals surface area contributed by atoms with Crippen molar-refractivity contribution < 1.29 is 27.7 Å². The Hall–Kier alpha value is -1.64. The second-order valence-corrected chi connectivity index (χ2v) is 3.10. The minimum Gasteiger partial charge on any atom is -0.480 e. The van der Waals surface area contributed by atoms with Crippen LogP contribution in [0.15, 0.2) is 4.63 Å². The van der Waals surface area contributed by atoms with Gasteiger partial charge in [0.15, 0.2) is 0 Å². The number of alkyl halides is 3. The molecule has 0 aliphatic carbocycles. The molecule has 1 heterocycles. The molecule has 0 radical (unpaired) electrons. The molecule has 0 fully saturated rings. The van der Waals surface area contributed by atoms with E-state index in [0.717, 1.165) is 0 Å². The zero-order chi connectivity index (χ0) is 12.3. The van der Waals surface area contributed by atoms with Gasteiger partial charge in [0.25, 0.3) is 0 Å². The van der Waals surface area contributed by atoms with Crippen LogP contribution in [0.1, 0.15) is 11.4 Å². The third kappa shape index (κ3) is 3.50. The average Bonchev–Trinajstić information content (AvgIpc) is 2.49. The topological polar surface area (TPSA) is 102 Å². The molecule has 1 aromatic rings. The van der Waals surface area contributed by atoms with Gasteiger partial charge in [-0.25, -0.2) is 4.63 Å². The van der Waals surface area contributed by atoms with E-state index < -0.39 is 30.3 Å². The van der Waals surface area contributed by atoms with E-state index >= 15 is 0 Å². The number of aromatic nitrogens is 2. The fourth-order valence-electron chi connectivity index (χ4n) is 0.999. The lowest BCUT2D eigenvalue weighted by atomic mass is 10.1. The molecular formula is C7H8F3N3O3. The molecule has 0 aliphatic rings. The zero-order valence-corrected chi connectivity index (χ0v) is 7.86. The lowest BCUT2D eigenvalue weighted by molar-refractivity contribution is -0.138. The van der Waals surface area contributed by atoms with Gasteiger partial charge in [0.1, 0.15) is 17.4 Å². The number of hydrogen-bond donors (Lipinski definition) is 2. The summed E-state index contributed by atoms with van der Waals surface area (Å²) in [7, 11) is 0. The average molecular weight is 239 g/mol. The Labute approximate surface area is 87.2 Å². The summed E-state index contributed by atoms with van der Waals surface area (Å²) in [6.45, 7) is 0. The maximum atomic E-state index is 12.0. The van der Waals surface area contributed by atoms with Crippen LogP contribution in [-0.4, -0.2) is 33.6 Å². The number of aliphatic carboxylic acids is 1. The van der Waals surface area contributed by atoms with Gasteiger partial charge in [-0.05, 0) is 0 Å². The highest BCUT2D eigenvalue weighted by Gasteiger charge is 2.32. The number of carbonyl (C=O) groups is 1. The van der Waals surface area contributed by atoms with Crippen molar-refractivity contribution in [2.24, 2.45) is 5.73 Å². The SMILES string of the molecule is NC(Cc1nonc1CC(F)(F)F)C(=O)O. The van der Waals surface area contributed by atoms with Gasteiger partial charge in [0.2, 0.25) is 0 Å². The number of nitrogens with two attached hydrogens (primary N) is 1. The molecule has 0 saturated heterocycles. The van der Waals surface area contributed by atoms with Gasteiger partial charge in [-0.2, -0.15) is 13.2 Å². The van der Waals surface area contributed by atoms with Crippen LogP contribution in [0.2, 0.25) is 0 Å². The molecule has 16 heavy (non-hydrogen) atoms.